The van der Waals surface area contributed by atoms with E-state index < -0.39 is 6.04 Å². The molecule has 0 bridgehead atoms. The van der Waals surface area contributed by atoms with Crippen LogP contribution in [-0.4, -0.2) is 28.3 Å². The molecule has 2 aromatic carbocycles. The molecule has 0 unspecified atom stereocenters. The lowest BCUT2D eigenvalue weighted by Crippen LogP contribution is -2.52. The molecular weight excluding hydrogens is 336 g/mol. The molecule has 144 valence electrons. The molecule has 0 fully saturated rings. The Morgan fingerprint density at radius 3 is 2.22 bits per heavy atom. The Bertz CT molecular complexity index is 778. The SMILES string of the molecule is Cc1cccc(CN(C(=O)Cc2ccccc2)[C@H](C)C(=O)NC(C)(C)C)c1. The molecule has 0 spiro atoms. The minimum atomic E-state index is -0.555. The molecule has 0 heterocycles. The average molecular weight is 367 g/mol. The van der Waals surface area contributed by atoms with Crippen molar-refractivity contribution in [3.8, 4) is 0 Å². The van der Waals surface area contributed by atoms with Crippen LogP contribution in [0.15, 0.2) is 54.6 Å². The van der Waals surface area contributed by atoms with E-state index in [1.807, 2.05) is 76.2 Å². The highest BCUT2D eigenvalue weighted by Crippen LogP contribution is 2.14. The van der Waals surface area contributed by atoms with Gasteiger partial charge in [-0.05, 0) is 45.7 Å². The number of benzene rings is 2. The summed E-state index contributed by atoms with van der Waals surface area (Å²) in [6.45, 7) is 10.0. The van der Waals surface area contributed by atoms with Gasteiger partial charge in [-0.15, -0.1) is 0 Å². The van der Waals surface area contributed by atoms with Gasteiger partial charge in [-0.3, -0.25) is 9.59 Å². The fraction of sp³-hybridized carbons (Fsp3) is 0.391. The highest BCUT2D eigenvalue weighted by atomic mass is 16.2. The van der Waals surface area contributed by atoms with Gasteiger partial charge < -0.3 is 10.2 Å². The van der Waals surface area contributed by atoms with Gasteiger partial charge in [0.05, 0.1) is 6.42 Å². The first kappa shape index (κ1) is 20.7. The van der Waals surface area contributed by atoms with Gasteiger partial charge in [0.2, 0.25) is 11.8 Å². The number of carbonyl (C=O) groups excluding carboxylic acids is 2. The number of hydrogen-bond donors (Lipinski definition) is 1. The summed E-state index contributed by atoms with van der Waals surface area (Å²) in [5.41, 5.74) is 2.75. The summed E-state index contributed by atoms with van der Waals surface area (Å²) in [6.07, 6.45) is 0.278. The van der Waals surface area contributed by atoms with E-state index in [1.165, 1.54) is 0 Å². The molecule has 0 aliphatic heterocycles. The quantitative estimate of drug-likeness (QED) is 0.844. The van der Waals surface area contributed by atoms with Gasteiger partial charge in [-0.2, -0.15) is 0 Å². The minimum absolute atomic E-state index is 0.0562. The summed E-state index contributed by atoms with van der Waals surface area (Å²) in [7, 11) is 0. The van der Waals surface area contributed by atoms with Crippen LogP contribution in [0, 0.1) is 6.92 Å². The second-order valence-electron chi connectivity index (χ2n) is 8.09. The van der Waals surface area contributed by atoms with Crippen molar-refractivity contribution in [1.82, 2.24) is 10.2 Å². The second kappa shape index (κ2) is 8.85. The van der Waals surface area contributed by atoms with Gasteiger partial charge in [-0.25, -0.2) is 0 Å². The Morgan fingerprint density at radius 1 is 1.00 bits per heavy atom. The van der Waals surface area contributed by atoms with E-state index in [2.05, 4.69) is 11.4 Å². The molecule has 1 N–H and O–H groups in total. The molecule has 27 heavy (non-hydrogen) atoms. The monoisotopic (exact) mass is 366 g/mol. The maximum absolute atomic E-state index is 13.1. The fourth-order valence-corrected chi connectivity index (χ4v) is 2.94. The van der Waals surface area contributed by atoms with Crippen LogP contribution in [0.5, 0.6) is 0 Å². The van der Waals surface area contributed by atoms with Crippen LogP contribution in [0.1, 0.15) is 44.4 Å². The smallest absolute Gasteiger partial charge is 0.242 e. The summed E-state index contributed by atoms with van der Waals surface area (Å²) < 4.78 is 0. The molecule has 1 atom stereocenters. The van der Waals surface area contributed by atoms with E-state index >= 15 is 0 Å². The lowest BCUT2D eigenvalue weighted by molar-refractivity contribution is -0.140. The minimum Gasteiger partial charge on any atom is -0.350 e. The van der Waals surface area contributed by atoms with Gasteiger partial charge in [0.25, 0.3) is 0 Å². The molecule has 0 radical (unpaired) electrons. The maximum Gasteiger partial charge on any atom is 0.242 e. The van der Waals surface area contributed by atoms with Crippen molar-refractivity contribution in [3.05, 3.63) is 71.3 Å². The van der Waals surface area contributed by atoms with Crippen molar-refractivity contribution in [2.75, 3.05) is 0 Å². The molecule has 0 aliphatic carbocycles. The molecule has 2 aromatic rings. The summed E-state index contributed by atoms with van der Waals surface area (Å²) in [5, 5.41) is 2.98. The van der Waals surface area contributed by atoms with Gasteiger partial charge in [0, 0.05) is 12.1 Å². The number of hydrogen-bond acceptors (Lipinski definition) is 2. The van der Waals surface area contributed by atoms with Gasteiger partial charge in [-0.1, -0.05) is 60.2 Å². The lowest BCUT2D eigenvalue weighted by Gasteiger charge is -2.31. The number of nitrogens with zero attached hydrogens (tertiary/aromatic N) is 1. The van der Waals surface area contributed by atoms with E-state index in [0.717, 1.165) is 16.7 Å². The van der Waals surface area contributed by atoms with Crippen LogP contribution in [0.25, 0.3) is 0 Å². The molecule has 0 saturated carbocycles. The van der Waals surface area contributed by atoms with E-state index in [4.69, 9.17) is 0 Å². The summed E-state index contributed by atoms with van der Waals surface area (Å²) in [4.78, 5) is 27.4. The third kappa shape index (κ3) is 6.55. The molecule has 0 aliphatic rings. The Labute approximate surface area is 162 Å². The predicted molar refractivity (Wildman–Crippen MR) is 109 cm³/mol. The van der Waals surface area contributed by atoms with Crippen LogP contribution < -0.4 is 5.32 Å². The topological polar surface area (TPSA) is 49.4 Å². The number of carbonyl (C=O) groups is 2. The summed E-state index contributed by atoms with van der Waals surface area (Å²) >= 11 is 0. The third-order valence-electron chi connectivity index (χ3n) is 4.30. The highest BCUT2D eigenvalue weighted by Gasteiger charge is 2.28. The molecule has 0 aromatic heterocycles. The molecule has 4 nitrogen and oxygen atoms in total. The molecule has 4 heteroatoms. The van der Waals surface area contributed by atoms with Crippen LogP contribution in [0.3, 0.4) is 0 Å². The van der Waals surface area contributed by atoms with Crippen molar-refractivity contribution in [3.63, 3.8) is 0 Å². The lowest BCUT2D eigenvalue weighted by atomic mass is 10.1. The first-order chi connectivity index (χ1) is 12.7. The number of rotatable bonds is 6. The zero-order valence-electron chi connectivity index (χ0n) is 17.0. The Hall–Kier alpha value is -2.62. The largest absolute Gasteiger partial charge is 0.350 e. The number of nitrogens with one attached hydrogen (secondary N) is 1. The standard InChI is InChI=1S/C23H30N2O2/c1-17-10-9-13-20(14-17)16-25(18(2)22(27)24-23(3,4)5)21(26)15-19-11-7-6-8-12-19/h6-14,18H,15-16H2,1-5H3,(H,24,27)/t18-/m1/s1. The number of amides is 2. The van der Waals surface area contributed by atoms with E-state index in [0.29, 0.717) is 6.54 Å². The van der Waals surface area contributed by atoms with Crippen LogP contribution in [0.4, 0.5) is 0 Å². The van der Waals surface area contributed by atoms with Crippen LogP contribution >= 0.6 is 0 Å². The first-order valence-corrected chi connectivity index (χ1v) is 9.37. The molecule has 0 saturated heterocycles. The summed E-state index contributed by atoms with van der Waals surface area (Å²) in [6, 6.07) is 17.1. The average Bonchev–Trinajstić information content (AvgIpc) is 2.58. The van der Waals surface area contributed by atoms with Crippen molar-refractivity contribution >= 4 is 11.8 Å². The molecule has 2 amide bonds. The Morgan fingerprint density at radius 2 is 1.63 bits per heavy atom. The Balaban J connectivity index is 2.23. The van der Waals surface area contributed by atoms with Crippen molar-refractivity contribution < 1.29 is 9.59 Å². The van der Waals surface area contributed by atoms with Crippen molar-refractivity contribution in [2.45, 2.75) is 59.2 Å². The highest BCUT2D eigenvalue weighted by molar-refractivity contribution is 5.88. The summed E-state index contributed by atoms with van der Waals surface area (Å²) in [5.74, 6) is -0.198. The normalized spacial score (nSPS) is 12.3. The zero-order chi connectivity index (χ0) is 20.0. The van der Waals surface area contributed by atoms with E-state index in [9.17, 15) is 9.59 Å². The van der Waals surface area contributed by atoms with Gasteiger partial charge in [0.15, 0.2) is 0 Å². The van der Waals surface area contributed by atoms with Crippen LogP contribution in [-0.2, 0) is 22.6 Å². The maximum atomic E-state index is 13.1. The van der Waals surface area contributed by atoms with Gasteiger partial charge in [0.1, 0.15) is 6.04 Å². The number of aryl methyl sites for hydroxylation is 1. The van der Waals surface area contributed by atoms with Crippen LogP contribution in [0.2, 0.25) is 0 Å². The van der Waals surface area contributed by atoms with Crippen molar-refractivity contribution in [1.29, 1.82) is 0 Å². The first-order valence-electron chi connectivity index (χ1n) is 9.37. The fourth-order valence-electron chi connectivity index (χ4n) is 2.94. The van der Waals surface area contributed by atoms with Crippen molar-refractivity contribution in [2.24, 2.45) is 0 Å². The molecular formula is C23H30N2O2. The zero-order valence-corrected chi connectivity index (χ0v) is 17.0. The Kier molecular flexibility index (Phi) is 6.78. The third-order valence-corrected chi connectivity index (χ3v) is 4.30. The predicted octanol–water partition coefficient (Wildman–Crippen LogP) is 3.87. The second-order valence-corrected chi connectivity index (χ2v) is 8.09. The van der Waals surface area contributed by atoms with E-state index in [1.54, 1.807) is 11.8 Å². The van der Waals surface area contributed by atoms with Gasteiger partial charge >= 0.3 is 0 Å². The van der Waals surface area contributed by atoms with E-state index in [-0.39, 0.29) is 23.8 Å². The molecule has 2 rings (SSSR count).